The Morgan fingerprint density at radius 3 is 2.78 bits per heavy atom. The third kappa shape index (κ3) is 1.98. The molecule has 0 aromatic heterocycles. The number of halogens is 1. The van der Waals surface area contributed by atoms with Gasteiger partial charge in [-0.25, -0.2) is 0 Å². The lowest BCUT2D eigenvalue weighted by atomic mass is 10.3. The normalized spacial score (nSPS) is 35.3. The van der Waals surface area contributed by atoms with Crippen LogP contribution < -0.4 is 3.53 Å². The molecule has 1 rings (SSSR count). The fourth-order valence-corrected chi connectivity index (χ4v) is 3.26. The Balaban J connectivity index is 2.32. The van der Waals surface area contributed by atoms with Crippen molar-refractivity contribution in [1.82, 2.24) is 3.53 Å². The summed E-state index contributed by atoms with van der Waals surface area (Å²) >= 11 is 4.26. The van der Waals surface area contributed by atoms with Crippen LogP contribution in [0.5, 0.6) is 0 Å². The number of hydrogen-bond donors (Lipinski definition) is 1. The maximum atomic E-state index is 3.31. The van der Waals surface area contributed by atoms with Gasteiger partial charge in [-0.05, 0) is 19.1 Å². The molecule has 0 aromatic rings. The molecule has 0 spiro atoms. The van der Waals surface area contributed by atoms with Gasteiger partial charge in [-0.15, -0.1) is 0 Å². The summed E-state index contributed by atoms with van der Waals surface area (Å²) in [5, 5.41) is 0.877. The van der Waals surface area contributed by atoms with E-state index in [0.29, 0.717) is 0 Å². The van der Waals surface area contributed by atoms with Crippen LogP contribution in [0.15, 0.2) is 0 Å². The Morgan fingerprint density at radius 1 is 1.56 bits per heavy atom. The second-order valence-corrected chi connectivity index (χ2v) is 4.12. The molecule has 0 amide bonds. The average molecular weight is 257 g/mol. The molecule has 9 heavy (non-hydrogen) atoms. The summed E-state index contributed by atoms with van der Waals surface area (Å²) in [7, 11) is 0. The molecule has 3 heteroatoms. The summed E-state index contributed by atoms with van der Waals surface area (Å²) in [5.41, 5.74) is 0. The summed E-state index contributed by atoms with van der Waals surface area (Å²) in [6.07, 6.45) is 6.39. The van der Waals surface area contributed by atoms with Crippen LogP contribution in [0.3, 0.4) is 0 Å². The molecule has 54 valence electrons. The van der Waals surface area contributed by atoms with E-state index in [9.17, 15) is 0 Å². The second kappa shape index (κ2) is 4.03. The smallest absolute Gasteiger partial charge is 0.0282 e. The Hall–Kier alpha value is 1.04. The van der Waals surface area contributed by atoms with Crippen molar-refractivity contribution in [2.24, 2.45) is 0 Å². The van der Waals surface area contributed by atoms with Crippen molar-refractivity contribution < 1.29 is 0 Å². The minimum atomic E-state index is 0.778. The number of hydrogen-bond acceptors (Lipinski definition) is 2. The van der Waals surface area contributed by atoms with Gasteiger partial charge in [-0.2, -0.15) is 11.8 Å². The Morgan fingerprint density at radius 2 is 2.33 bits per heavy atom. The Kier molecular flexibility index (Phi) is 3.65. The lowest BCUT2D eigenvalue weighted by molar-refractivity contribution is 0.687. The van der Waals surface area contributed by atoms with Gasteiger partial charge in [0.2, 0.25) is 0 Å². The zero-order valence-electron chi connectivity index (χ0n) is 5.56. The van der Waals surface area contributed by atoms with Crippen LogP contribution in [0.25, 0.3) is 0 Å². The van der Waals surface area contributed by atoms with E-state index >= 15 is 0 Å². The van der Waals surface area contributed by atoms with Crippen LogP contribution in [-0.2, 0) is 0 Å². The van der Waals surface area contributed by atoms with Gasteiger partial charge in [-0.1, -0.05) is 6.42 Å². The molecule has 2 unspecified atom stereocenters. The summed E-state index contributed by atoms with van der Waals surface area (Å²) in [6, 6.07) is 0.778. The average Bonchev–Trinajstić information content (AvgIpc) is 2.33. The largest absolute Gasteiger partial charge is 0.257 e. The third-order valence-electron chi connectivity index (χ3n) is 1.90. The van der Waals surface area contributed by atoms with Gasteiger partial charge in [0.15, 0.2) is 0 Å². The van der Waals surface area contributed by atoms with Crippen LogP contribution in [0.4, 0.5) is 0 Å². The third-order valence-corrected chi connectivity index (χ3v) is 3.87. The van der Waals surface area contributed by atoms with Crippen LogP contribution in [-0.4, -0.2) is 17.5 Å². The van der Waals surface area contributed by atoms with E-state index in [2.05, 4.69) is 32.7 Å². The summed E-state index contributed by atoms with van der Waals surface area (Å²) in [6.45, 7) is 0. The van der Waals surface area contributed by atoms with Crippen LogP contribution in [0.2, 0.25) is 0 Å². The maximum Gasteiger partial charge on any atom is 0.0282 e. The van der Waals surface area contributed by atoms with Gasteiger partial charge in [-0.3, -0.25) is 3.53 Å². The monoisotopic (exact) mass is 257 g/mol. The molecule has 0 bridgehead atoms. The van der Waals surface area contributed by atoms with Gasteiger partial charge >= 0.3 is 0 Å². The zero-order valence-corrected chi connectivity index (χ0v) is 8.54. The van der Waals surface area contributed by atoms with Crippen molar-refractivity contribution in [2.75, 3.05) is 6.26 Å². The van der Waals surface area contributed by atoms with Crippen molar-refractivity contribution in [3.8, 4) is 0 Å². The van der Waals surface area contributed by atoms with Crippen LogP contribution >= 0.6 is 34.6 Å². The molecule has 1 nitrogen and oxygen atoms in total. The molecule has 1 saturated carbocycles. The van der Waals surface area contributed by atoms with E-state index < -0.39 is 0 Å². The molecule has 0 aliphatic heterocycles. The summed E-state index contributed by atoms with van der Waals surface area (Å²) in [5.74, 6) is 0. The van der Waals surface area contributed by atoms with E-state index in [1.54, 1.807) is 0 Å². The number of nitrogens with one attached hydrogen (secondary N) is 1. The predicted molar refractivity (Wildman–Crippen MR) is 52.1 cm³/mol. The van der Waals surface area contributed by atoms with Crippen LogP contribution in [0.1, 0.15) is 19.3 Å². The molecular formula is C6H12INS. The molecule has 0 aromatic carbocycles. The van der Waals surface area contributed by atoms with Crippen molar-refractivity contribution in [2.45, 2.75) is 30.6 Å². The van der Waals surface area contributed by atoms with Crippen molar-refractivity contribution in [3.63, 3.8) is 0 Å². The Bertz CT molecular complexity index is 79.1. The van der Waals surface area contributed by atoms with E-state index in [4.69, 9.17) is 0 Å². The highest BCUT2D eigenvalue weighted by atomic mass is 127. The first-order valence-electron chi connectivity index (χ1n) is 3.27. The van der Waals surface area contributed by atoms with E-state index in [1.165, 1.54) is 19.3 Å². The van der Waals surface area contributed by atoms with Crippen molar-refractivity contribution in [1.29, 1.82) is 0 Å². The molecule has 0 radical (unpaired) electrons. The van der Waals surface area contributed by atoms with Gasteiger partial charge < -0.3 is 0 Å². The van der Waals surface area contributed by atoms with Gasteiger partial charge in [0.05, 0.1) is 0 Å². The van der Waals surface area contributed by atoms with Gasteiger partial charge in [0.25, 0.3) is 0 Å². The van der Waals surface area contributed by atoms with Crippen LogP contribution in [0, 0.1) is 0 Å². The van der Waals surface area contributed by atoms with E-state index in [-0.39, 0.29) is 0 Å². The van der Waals surface area contributed by atoms with Gasteiger partial charge in [0, 0.05) is 34.2 Å². The molecule has 1 aliphatic rings. The second-order valence-electron chi connectivity index (χ2n) is 2.42. The number of rotatable bonds is 2. The quantitative estimate of drug-likeness (QED) is 0.601. The first-order chi connectivity index (χ1) is 4.38. The molecule has 1 aliphatic carbocycles. The minimum absolute atomic E-state index is 0.778. The van der Waals surface area contributed by atoms with Crippen molar-refractivity contribution >= 4 is 34.6 Å². The molecule has 1 fully saturated rings. The highest BCUT2D eigenvalue weighted by Gasteiger charge is 2.24. The van der Waals surface area contributed by atoms with E-state index in [0.717, 1.165) is 11.3 Å². The highest BCUT2D eigenvalue weighted by molar-refractivity contribution is 14.1. The summed E-state index contributed by atoms with van der Waals surface area (Å²) < 4.78 is 3.31. The number of thioether (sulfide) groups is 1. The Labute approximate surface area is 74.8 Å². The topological polar surface area (TPSA) is 12.0 Å². The maximum absolute atomic E-state index is 3.31. The molecule has 2 atom stereocenters. The SMILES string of the molecule is CSC1CCCC1NI. The zero-order chi connectivity index (χ0) is 6.69. The summed E-state index contributed by atoms with van der Waals surface area (Å²) in [4.78, 5) is 0. The first kappa shape index (κ1) is 8.14. The van der Waals surface area contributed by atoms with Crippen molar-refractivity contribution in [3.05, 3.63) is 0 Å². The molecular weight excluding hydrogens is 245 g/mol. The molecule has 0 saturated heterocycles. The lowest BCUT2D eigenvalue weighted by Gasteiger charge is -2.14. The lowest BCUT2D eigenvalue weighted by Crippen LogP contribution is -2.26. The van der Waals surface area contributed by atoms with E-state index in [1.807, 2.05) is 11.8 Å². The molecule has 1 N–H and O–H groups in total. The first-order valence-corrected chi connectivity index (χ1v) is 5.64. The van der Waals surface area contributed by atoms with Gasteiger partial charge in [0.1, 0.15) is 0 Å². The minimum Gasteiger partial charge on any atom is -0.257 e. The fraction of sp³-hybridized carbons (Fsp3) is 1.00. The standard InChI is InChI=1S/C6H12INS/c1-9-6-4-2-3-5(6)8-7/h5-6,8H,2-4H2,1H3. The highest BCUT2D eigenvalue weighted by Crippen LogP contribution is 2.28. The fourth-order valence-electron chi connectivity index (χ4n) is 1.33. The predicted octanol–water partition coefficient (Wildman–Crippen LogP) is 2.21. The molecule has 0 heterocycles.